The molecule has 1 amide bonds. The van der Waals surface area contributed by atoms with Crippen LogP contribution < -0.4 is 0 Å². The van der Waals surface area contributed by atoms with Crippen molar-refractivity contribution in [3.63, 3.8) is 0 Å². The van der Waals surface area contributed by atoms with Gasteiger partial charge < -0.3 is 4.90 Å². The SMILES string of the molecule is O=C(c1ccc2nccnc2c1)N1CCc2nc3ncccc3cc2C1. The standard InChI is InChI=1S/C20H15N5O/c26-20(14-3-4-17-18(11-14)22-8-7-21-17)25-9-5-16-15(12-25)10-13-2-1-6-23-19(13)24-16/h1-4,6-8,10-11H,5,9,12H2. The first-order valence-electron chi connectivity index (χ1n) is 8.51. The molecule has 126 valence electrons. The Bertz CT molecular complexity index is 1160. The maximum atomic E-state index is 13.0. The van der Waals surface area contributed by atoms with Crippen molar-refractivity contribution < 1.29 is 4.79 Å². The zero-order chi connectivity index (χ0) is 17.5. The van der Waals surface area contributed by atoms with Crippen LogP contribution in [0.2, 0.25) is 0 Å². The molecule has 0 atom stereocenters. The second-order valence-electron chi connectivity index (χ2n) is 6.38. The molecule has 5 rings (SSSR count). The molecule has 0 saturated heterocycles. The van der Waals surface area contributed by atoms with Crippen molar-refractivity contribution in [2.45, 2.75) is 13.0 Å². The Kier molecular flexibility index (Phi) is 3.35. The number of rotatable bonds is 1. The Morgan fingerprint density at radius 1 is 0.962 bits per heavy atom. The highest BCUT2D eigenvalue weighted by molar-refractivity contribution is 5.97. The van der Waals surface area contributed by atoms with E-state index in [4.69, 9.17) is 0 Å². The summed E-state index contributed by atoms with van der Waals surface area (Å²) in [5.41, 5.74) is 5.04. The largest absolute Gasteiger partial charge is 0.334 e. The van der Waals surface area contributed by atoms with Gasteiger partial charge in [0.05, 0.1) is 11.0 Å². The predicted octanol–water partition coefficient (Wildman–Crippen LogP) is 2.77. The highest BCUT2D eigenvalue weighted by Gasteiger charge is 2.23. The fraction of sp³-hybridized carbons (Fsp3) is 0.150. The van der Waals surface area contributed by atoms with Gasteiger partial charge in [0, 0.05) is 54.7 Å². The van der Waals surface area contributed by atoms with Crippen molar-refractivity contribution in [2.24, 2.45) is 0 Å². The topological polar surface area (TPSA) is 71.9 Å². The van der Waals surface area contributed by atoms with Crippen LogP contribution in [-0.2, 0) is 13.0 Å². The molecule has 0 radical (unpaired) electrons. The minimum Gasteiger partial charge on any atom is -0.334 e. The summed E-state index contributed by atoms with van der Waals surface area (Å²) in [5.74, 6) is 0.00878. The summed E-state index contributed by atoms with van der Waals surface area (Å²) in [4.78, 5) is 32.3. The van der Waals surface area contributed by atoms with E-state index in [-0.39, 0.29) is 5.91 Å². The molecule has 3 aromatic heterocycles. The second kappa shape index (κ2) is 5.84. The quantitative estimate of drug-likeness (QED) is 0.532. The fourth-order valence-corrected chi connectivity index (χ4v) is 3.42. The third-order valence-electron chi connectivity index (χ3n) is 4.74. The number of benzene rings is 1. The smallest absolute Gasteiger partial charge is 0.254 e. The molecule has 6 nitrogen and oxygen atoms in total. The van der Waals surface area contributed by atoms with Gasteiger partial charge in [0.1, 0.15) is 0 Å². The van der Waals surface area contributed by atoms with Crippen LogP contribution in [0.1, 0.15) is 21.6 Å². The molecule has 1 aliphatic rings. The number of aromatic nitrogens is 4. The summed E-state index contributed by atoms with van der Waals surface area (Å²) < 4.78 is 0. The highest BCUT2D eigenvalue weighted by atomic mass is 16.2. The van der Waals surface area contributed by atoms with Crippen LogP contribution in [0.4, 0.5) is 0 Å². The number of hydrogen-bond donors (Lipinski definition) is 0. The summed E-state index contributed by atoms with van der Waals surface area (Å²) in [7, 11) is 0. The number of carbonyl (C=O) groups excluding carboxylic acids is 1. The molecule has 0 saturated carbocycles. The third kappa shape index (κ3) is 2.47. The first-order valence-corrected chi connectivity index (χ1v) is 8.51. The van der Waals surface area contributed by atoms with Crippen LogP contribution in [0.3, 0.4) is 0 Å². The average molecular weight is 341 g/mol. The lowest BCUT2D eigenvalue weighted by atomic mass is 10.0. The first kappa shape index (κ1) is 14.9. The molecular formula is C20H15N5O. The van der Waals surface area contributed by atoms with Gasteiger partial charge in [-0.15, -0.1) is 0 Å². The Balaban J connectivity index is 1.47. The Hall–Kier alpha value is -3.41. The van der Waals surface area contributed by atoms with E-state index < -0.39 is 0 Å². The maximum Gasteiger partial charge on any atom is 0.254 e. The minimum absolute atomic E-state index is 0.00878. The number of carbonyl (C=O) groups is 1. The molecule has 1 aliphatic heterocycles. The Labute approximate surface area is 149 Å². The van der Waals surface area contributed by atoms with Crippen molar-refractivity contribution in [2.75, 3.05) is 6.54 Å². The van der Waals surface area contributed by atoms with E-state index in [0.29, 0.717) is 18.7 Å². The molecule has 4 heterocycles. The van der Waals surface area contributed by atoms with Gasteiger partial charge in [0.2, 0.25) is 0 Å². The van der Waals surface area contributed by atoms with Crippen LogP contribution in [-0.4, -0.2) is 37.3 Å². The number of hydrogen-bond acceptors (Lipinski definition) is 5. The number of fused-ring (bicyclic) bond motifs is 3. The summed E-state index contributed by atoms with van der Waals surface area (Å²) >= 11 is 0. The fourth-order valence-electron chi connectivity index (χ4n) is 3.42. The van der Waals surface area contributed by atoms with Crippen LogP contribution >= 0.6 is 0 Å². The highest BCUT2D eigenvalue weighted by Crippen LogP contribution is 2.23. The second-order valence-corrected chi connectivity index (χ2v) is 6.38. The molecule has 0 bridgehead atoms. The van der Waals surface area contributed by atoms with Crippen molar-refractivity contribution in [3.05, 3.63) is 71.8 Å². The van der Waals surface area contributed by atoms with Crippen LogP contribution in [0.25, 0.3) is 22.1 Å². The van der Waals surface area contributed by atoms with E-state index in [2.05, 4.69) is 26.0 Å². The first-order chi connectivity index (χ1) is 12.8. The lowest BCUT2D eigenvalue weighted by Gasteiger charge is -2.28. The lowest BCUT2D eigenvalue weighted by Crippen LogP contribution is -2.36. The van der Waals surface area contributed by atoms with Gasteiger partial charge in [-0.2, -0.15) is 0 Å². The molecule has 0 unspecified atom stereocenters. The molecule has 26 heavy (non-hydrogen) atoms. The van der Waals surface area contributed by atoms with Crippen molar-refractivity contribution in [1.29, 1.82) is 0 Å². The molecule has 6 heteroatoms. The van der Waals surface area contributed by atoms with Crippen LogP contribution in [0.5, 0.6) is 0 Å². The van der Waals surface area contributed by atoms with Gasteiger partial charge in [-0.3, -0.25) is 14.8 Å². The van der Waals surface area contributed by atoms with Gasteiger partial charge in [-0.05, 0) is 42.0 Å². The molecule has 1 aromatic carbocycles. The van der Waals surface area contributed by atoms with Crippen molar-refractivity contribution in [1.82, 2.24) is 24.8 Å². The minimum atomic E-state index is 0.00878. The Morgan fingerprint density at radius 3 is 2.77 bits per heavy atom. The van der Waals surface area contributed by atoms with E-state index in [1.165, 1.54) is 0 Å². The molecule has 0 aliphatic carbocycles. The van der Waals surface area contributed by atoms with Gasteiger partial charge in [-0.25, -0.2) is 9.97 Å². The summed E-state index contributed by atoms with van der Waals surface area (Å²) in [5, 5.41) is 1.00. The summed E-state index contributed by atoms with van der Waals surface area (Å²) in [6, 6.07) is 11.5. The van der Waals surface area contributed by atoms with Crippen LogP contribution in [0.15, 0.2) is 55.0 Å². The van der Waals surface area contributed by atoms with Gasteiger partial charge >= 0.3 is 0 Å². The third-order valence-corrected chi connectivity index (χ3v) is 4.74. The number of nitrogens with zero attached hydrogens (tertiary/aromatic N) is 5. The summed E-state index contributed by atoms with van der Waals surface area (Å²) in [6.45, 7) is 1.21. The monoisotopic (exact) mass is 341 g/mol. The molecule has 0 fully saturated rings. The number of pyridine rings is 2. The van der Waals surface area contributed by atoms with Gasteiger partial charge in [0.25, 0.3) is 5.91 Å². The van der Waals surface area contributed by atoms with Crippen LogP contribution in [0, 0.1) is 0 Å². The zero-order valence-electron chi connectivity index (χ0n) is 14.0. The molecule has 4 aromatic rings. The molecular weight excluding hydrogens is 326 g/mol. The van der Waals surface area contributed by atoms with E-state index in [9.17, 15) is 4.79 Å². The normalized spacial score (nSPS) is 13.8. The predicted molar refractivity (Wildman–Crippen MR) is 97.5 cm³/mol. The van der Waals surface area contributed by atoms with Gasteiger partial charge in [0.15, 0.2) is 5.65 Å². The lowest BCUT2D eigenvalue weighted by molar-refractivity contribution is 0.0734. The van der Waals surface area contributed by atoms with E-state index in [1.54, 1.807) is 18.6 Å². The number of amides is 1. The molecule has 0 spiro atoms. The van der Waals surface area contributed by atoms with E-state index in [1.807, 2.05) is 35.2 Å². The molecule has 0 N–H and O–H groups in total. The summed E-state index contributed by atoms with van der Waals surface area (Å²) in [6.07, 6.45) is 5.78. The van der Waals surface area contributed by atoms with Gasteiger partial charge in [-0.1, -0.05) is 0 Å². The average Bonchev–Trinajstić information content (AvgIpc) is 2.71. The Morgan fingerprint density at radius 2 is 1.85 bits per heavy atom. The van der Waals surface area contributed by atoms with Crippen molar-refractivity contribution >= 4 is 28.0 Å². The van der Waals surface area contributed by atoms with E-state index in [0.717, 1.165) is 39.7 Å². The van der Waals surface area contributed by atoms with E-state index >= 15 is 0 Å². The maximum absolute atomic E-state index is 13.0. The zero-order valence-corrected chi connectivity index (χ0v) is 14.0. The van der Waals surface area contributed by atoms with Crippen molar-refractivity contribution in [3.8, 4) is 0 Å².